The van der Waals surface area contributed by atoms with Gasteiger partial charge in [0.1, 0.15) is 11.5 Å². The first kappa shape index (κ1) is 21.6. The zero-order valence-electron chi connectivity index (χ0n) is 12.2. The number of benzene rings is 1. The van der Waals surface area contributed by atoms with Crippen molar-refractivity contribution in [2.24, 2.45) is 0 Å². The van der Waals surface area contributed by atoms with Gasteiger partial charge in [-0.3, -0.25) is 0 Å². The number of hydrogen-bond acceptors (Lipinski definition) is 3. The van der Waals surface area contributed by atoms with Crippen molar-refractivity contribution in [2.75, 3.05) is 20.1 Å². The van der Waals surface area contributed by atoms with Gasteiger partial charge in [-0.25, -0.2) is 0 Å². The van der Waals surface area contributed by atoms with Crippen molar-refractivity contribution in [3.05, 3.63) is 46.1 Å². The van der Waals surface area contributed by atoms with Crippen LogP contribution in [-0.2, 0) is 6.54 Å². The summed E-state index contributed by atoms with van der Waals surface area (Å²) >= 11 is 12.1. The first-order valence-electron chi connectivity index (χ1n) is 6.60. The molecule has 0 atom stereocenters. The first-order chi connectivity index (χ1) is 9.70. The van der Waals surface area contributed by atoms with Crippen LogP contribution in [0.2, 0.25) is 10.0 Å². The van der Waals surface area contributed by atoms with E-state index < -0.39 is 0 Å². The van der Waals surface area contributed by atoms with E-state index in [9.17, 15) is 0 Å². The van der Waals surface area contributed by atoms with Gasteiger partial charge in [-0.1, -0.05) is 23.2 Å². The molecule has 22 heavy (non-hydrogen) atoms. The van der Waals surface area contributed by atoms with E-state index in [1.54, 1.807) is 12.1 Å². The van der Waals surface area contributed by atoms with E-state index in [0.717, 1.165) is 36.6 Å². The van der Waals surface area contributed by atoms with Crippen LogP contribution >= 0.6 is 48.0 Å². The molecule has 0 spiro atoms. The third kappa shape index (κ3) is 6.37. The summed E-state index contributed by atoms with van der Waals surface area (Å²) in [7, 11) is 1.95. The Hall–Kier alpha value is -0.420. The Morgan fingerprint density at radius 2 is 1.82 bits per heavy atom. The highest BCUT2D eigenvalue weighted by atomic mass is 35.5. The fourth-order valence-corrected chi connectivity index (χ4v) is 2.29. The number of furan rings is 1. The molecule has 1 heterocycles. The van der Waals surface area contributed by atoms with Crippen LogP contribution in [0, 0.1) is 0 Å². The molecule has 0 saturated heterocycles. The Balaban J connectivity index is 0.00000220. The molecule has 0 amide bonds. The van der Waals surface area contributed by atoms with Gasteiger partial charge in [0.2, 0.25) is 0 Å². The molecule has 0 bridgehead atoms. The van der Waals surface area contributed by atoms with Gasteiger partial charge < -0.3 is 15.1 Å². The molecule has 0 aliphatic carbocycles. The van der Waals surface area contributed by atoms with Crippen molar-refractivity contribution < 1.29 is 4.42 Å². The first-order valence-corrected chi connectivity index (χ1v) is 7.36. The molecule has 7 heteroatoms. The van der Waals surface area contributed by atoms with Crippen LogP contribution < -0.4 is 10.6 Å². The molecule has 124 valence electrons. The molecule has 0 unspecified atom stereocenters. The van der Waals surface area contributed by atoms with E-state index in [-0.39, 0.29) is 24.8 Å². The van der Waals surface area contributed by atoms with Crippen molar-refractivity contribution in [1.29, 1.82) is 0 Å². The third-order valence-corrected chi connectivity index (χ3v) is 3.50. The Kier molecular flexibility index (Phi) is 11.0. The molecule has 0 saturated carbocycles. The topological polar surface area (TPSA) is 37.2 Å². The van der Waals surface area contributed by atoms with E-state index in [0.29, 0.717) is 16.6 Å². The zero-order chi connectivity index (χ0) is 14.4. The van der Waals surface area contributed by atoms with Gasteiger partial charge in [0.05, 0.1) is 11.6 Å². The van der Waals surface area contributed by atoms with Crippen molar-refractivity contribution in [1.82, 2.24) is 10.6 Å². The molecule has 2 aromatic rings. The summed E-state index contributed by atoms with van der Waals surface area (Å²) < 4.78 is 5.79. The molecular formula is C15H20Cl4N2O. The van der Waals surface area contributed by atoms with Crippen LogP contribution in [0.3, 0.4) is 0 Å². The third-order valence-electron chi connectivity index (χ3n) is 2.94. The van der Waals surface area contributed by atoms with Crippen LogP contribution in [-0.4, -0.2) is 20.1 Å². The predicted molar refractivity (Wildman–Crippen MR) is 98.9 cm³/mol. The highest BCUT2D eigenvalue weighted by Crippen LogP contribution is 2.31. The summed E-state index contributed by atoms with van der Waals surface area (Å²) in [5.74, 6) is 1.63. The quantitative estimate of drug-likeness (QED) is 0.672. The molecule has 0 aliphatic rings. The molecule has 0 radical (unpaired) electrons. The maximum atomic E-state index is 6.16. The van der Waals surface area contributed by atoms with Crippen molar-refractivity contribution in [3.8, 4) is 11.3 Å². The smallest absolute Gasteiger partial charge is 0.135 e. The maximum absolute atomic E-state index is 6.16. The molecular weight excluding hydrogens is 366 g/mol. The number of nitrogens with one attached hydrogen (secondary N) is 2. The summed E-state index contributed by atoms with van der Waals surface area (Å²) in [6.07, 6.45) is 1.09. The number of halogens is 4. The fourth-order valence-electron chi connectivity index (χ4n) is 1.91. The highest BCUT2D eigenvalue weighted by Gasteiger charge is 2.09. The lowest BCUT2D eigenvalue weighted by Crippen LogP contribution is -2.19. The van der Waals surface area contributed by atoms with Crippen LogP contribution in [0.15, 0.2) is 34.7 Å². The molecule has 2 N–H and O–H groups in total. The second kappa shape index (κ2) is 11.2. The van der Waals surface area contributed by atoms with Gasteiger partial charge in [-0.05, 0) is 56.9 Å². The molecule has 1 aromatic heterocycles. The van der Waals surface area contributed by atoms with Crippen LogP contribution in [0.25, 0.3) is 11.3 Å². The Morgan fingerprint density at radius 1 is 1.05 bits per heavy atom. The maximum Gasteiger partial charge on any atom is 0.135 e. The fraction of sp³-hybridized carbons (Fsp3) is 0.333. The highest BCUT2D eigenvalue weighted by molar-refractivity contribution is 6.35. The largest absolute Gasteiger partial charge is 0.460 e. The van der Waals surface area contributed by atoms with Crippen LogP contribution in [0.5, 0.6) is 0 Å². The number of hydrogen-bond donors (Lipinski definition) is 2. The number of rotatable bonds is 7. The van der Waals surface area contributed by atoms with E-state index in [2.05, 4.69) is 10.6 Å². The lowest BCUT2D eigenvalue weighted by molar-refractivity contribution is 0.490. The second-order valence-electron chi connectivity index (χ2n) is 4.52. The van der Waals surface area contributed by atoms with Crippen molar-refractivity contribution >= 4 is 48.0 Å². The normalized spacial score (nSPS) is 9.95. The van der Waals surface area contributed by atoms with Gasteiger partial charge >= 0.3 is 0 Å². The molecule has 2 rings (SSSR count). The minimum atomic E-state index is 0. The predicted octanol–water partition coefficient (Wildman–Crippen LogP) is 4.80. The molecule has 0 aliphatic heterocycles. The minimum absolute atomic E-state index is 0. The van der Waals surface area contributed by atoms with Crippen LogP contribution in [0.4, 0.5) is 0 Å². The minimum Gasteiger partial charge on any atom is -0.460 e. The van der Waals surface area contributed by atoms with E-state index in [1.807, 2.05) is 25.2 Å². The average Bonchev–Trinajstić information content (AvgIpc) is 2.90. The molecule has 0 fully saturated rings. The monoisotopic (exact) mass is 384 g/mol. The zero-order valence-corrected chi connectivity index (χ0v) is 15.3. The Bertz CT molecular complexity index is 560. The van der Waals surface area contributed by atoms with E-state index >= 15 is 0 Å². The van der Waals surface area contributed by atoms with Gasteiger partial charge in [0.25, 0.3) is 0 Å². The average molecular weight is 386 g/mol. The van der Waals surface area contributed by atoms with Gasteiger partial charge in [-0.15, -0.1) is 24.8 Å². The van der Waals surface area contributed by atoms with E-state index in [4.69, 9.17) is 27.6 Å². The standard InChI is InChI=1S/C15H18Cl2N2O.2ClH/c1-18-7-2-8-19-10-12-4-6-15(20-12)13-9-11(16)3-5-14(13)17;;/h3-6,9,18-19H,2,7-8,10H2,1H3;2*1H. The Morgan fingerprint density at radius 3 is 2.55 bits per heavy atom. The van der Waals surface area contributed by atoms with Crippen LogP contribution in [0.1, 0.15) is 12.2 Å². The molecule has 3 nitrogen and oxygen atoms in total. The van der Waals surface area contributed by atoms with Gasteiger partial charge in [0.15, 0.2) is 0 Å². The molecule has 1 aromatic carbocycles. The summed E-state index contributed by atoms with van der Waals surface area (Å²) in [4.78, 5) is 0. The van der Waals surface area contributed by atoms with Crippen molar-refractivity contribution in [3.63, 3.8) is 0 Å². The Labute approximate surface area is 153 Å². The van der Waals surface area contributed by atoms with Gasteiger partial charge in [0, 0.05) is 10.6 Å². The van der Waals surface area contributed by atoms with Crippen molar-refractivity contribution in [2.45, 2.75) is 13.0 Å². The SMILES string of the molecule is CNCCCNCc1ccc(-c2cc(Cl)ccc2Cl)o1.Cl.Cl. The van der Waals surface area contributed by atoms with E-state index in [1.165, 1.54) is 0 Å². The lowest BCUT2D eigenvalue weighted by atomic mass is 10.2. The summed E-state index contributed by atoms with van der Waals surface area (Å²) in [6, 6.07) is 9.23. The van der Waals surface area contributed by atoms with Gasteiger partial charge in [-0.2, -0.15) is 0 Å². The summed E-state index contributed by atoms with van der Waals surface area (Å²) in [6.45, 7) is 2.67. The lowest BCUT2D eigenvalue weighted by Gasteiger charge is -2.03. The second-order valence-corrected chi connectivity index (χ2v) is 5.37. The summed E-state index contributed by atoms with van der Waals surface area (Å²) in [5.41, 5.74) is 0.820. The summed E-state index contributed by atoms with van der Waals surface area (Å²) in [5, 5.41) is 7.73.